The van der Waals surface area contributed by atoms with Gasteiger partial charge in [0.2, 0.25) is 0 Å². The third-order valence-corrected chi connectivity index (χ3v) is 6.18. The number of halogens is 1. The predicted octanol–water partition coefficient (Wildman–Crippen LogP) is 4.99. The van der Waals surface area contributed by atoms with Crippen LogP contribution in [0.25, 0.3) is 22.9 Å². The summed E-state index contributed by atoms with van der Waals surface area (Å²) in [4.78, 5) is 9.66. The van der Waals surface area contributed by atoms with Crippen LogP contribution >= 0.6 is 0 Å². The molecule has 1 saturated heterocycles. The van der Waals surface area contributed by atoms with Crippen LogP contribution in [0.15, 0.2) is 66.7 Å². The van der Waals surface area contributed by atoms with Crippen molar-refractivity contribution in [3.05, 3.63) is 89.5 Å². The van der Waals surface area contributed by atoms with Gasteiger partial charge in [0.15, 0.2) is 5.65 Å². The van der Waals surface area contributed by atoms with Crippen molar-refractivity contribution in [2.24, 2.45) is 0 Å². The number of aryl methyl sites for hydroxylation is 2. The van der Waals surface area contributed by atoms with E-state index >= 15 is 0 Å². The molecule has 0 amide bonds. The number of anilines is 1. The first-order valence-electron chi connectivity index (χ1n) is 11.4. The Hall–Kier alpha value is -3.51. The zero-order valence-corrected chi connectivity index (χ0v) is 19.1. The second-order valence-electron chi connectivity index (χ2n) is 8.56. The number of aromatic nitrogens is 3. The fourth-order valence-electron chi connectivity index (χ4n) is 4.47. The highest BCUT2D eigenvalue weighted by Crippen LogP contribution is 2.30. The summed E-state index contributed by atoms with van der Waals surface area (Å²) in [6.07, 6.45) is 4.43. The Bertz CT molecular complexity index is 1270. The average Bonchev–Trinajstić information content (AvgIpc) is 3.16. The maximum Gasteiger partial charge on any atom is 0.165 e. The largest absolute Gasteiger partial charge is 0.354 e. The number of hydrogen-bond acceptors (Lipinski definition) is 4. The molecule has 2 aromatic heterocycles. The second kappa shape index (κ2) is 9.16. The molecule has 3 heterocycles. The van der Waals surface area contributed by atoms with E-state index in [-0.39, 0.29) is 5.82 Å². The molecular weight excluding hydrogens is 413 g/mol. The van der Waals surface area contributed by atoms with Gasteiger partial charge in [-0.25, -0.2) is 9.37 Å². The minimum atomic E-state index is -0.241. The van der Waals surface area contributed by atoms with Crippen LogP contribution in [0.5, 0.6) is 0 Å². The number of piperazine rings is 1. The summed E-state index contributed by atoms with van der Waals surface area (Å²) in [5.74, 6) is 0.822. The van der Waals surface area contributed by atoms with Crippen molar-refractivity contribution in [1.29, 1.82) is 0 Å². The van der Waals surface area contributed by atoms with E-state index in [9.17, 15) is 4.39 Å². The molecule has 4 aromatic rings. The molecule has 0 unspecified atom stereocenters. The first-order chi connectivity index (χ1) is 16.1. The molecule has 5 rings (SSSR count). The molecule has 1 aliphatic rings. The number of fused-ring (bicyclic) bond motifs is 1. The summed E-state index contributed by atoms with van der Waals surface area (Å²) < 4.78 is 15.4. The molecule has 0 aliphatic carbocycles. The Morgan fingerprint density at radius 1 is 0.939 bits per heavy atom. The highest BCUT2D eigenvalue weighted by molar-refractivity contribution is 5.81. The van der Waals surface area contributed by atoms with Crippen LogP contribution in [0, 0.1) is 19.7 Å². The zero-order chi connectivity index (χ0) is 22.8. The summed E-state index contributed by atoms with van der Waals surface area (Å²) in [5, 5.41) is 4.82. The molecule has 0 bridgehead atoms. The lowest BCUT2D eigenvalue weighted by Crippen LogP contribution is -2.47. The van der Waals surface area contributed by atoms with Crippen molar-refractivity contribution in [2.45, 2.75) is 13.8 Å². The van der Waals surface area contributed by atoms with Crippen molar-refractivity contribution in [1.82, 2.24) is 19.5 Å². The topological polar surface area (TPSA) is 36.7 Å². The van der Waals surface area contributed by atoms with Crippen LogP contribution < -0.4 is 4.90 Å². The molecule has 0 atom stereocenters. The van der Waals surface area contributed by atoms with E-state index < -0.39 is 0 Å². The predicted molar refractivity (Wildman–Crippen MR) is 132 cm³/mol. The van der Waals surface area contributed by atoms with Crippen molar-refractivity contribution in [3.63, 3.8) is 0 Å². The fraction of sp³-hybridized carbons (Fsp3) is 0.259. The Labute approximate surface area is 193 Å². The van der Waals surface area contributed by atoms with E-state index in [1.807, 2.05) is 24.4 Å². The third-order valence-electron chi connectivity index (χ3n) is 6.18. The summed E-state index contributed by atoms with van der Waals surface area (Å²) in [6.45, 7) is 8.81. The van der Waals surface area contributed by atoms with Gasteiger partial charge in [0.05, 0.1) is 5.69 Å². The average molecular weight is 442 g/mol. The van der Waals surface area contributed by atoms with Crippen molar-refractivity contribution >= 4 is 17.5 Å². The summed E-state index contributed by atoms with van der Waals surface area (Å²) >= 11 is 0. The lowest BCUT2D eigenvalue weighted by molar-refractivity contribution is 0.283. The van der Waals surface area contributed by atoms with E-state index in [1.54, 1.807) is 12.1 Å². The van der Waals surface area contributed by atoms with Gasteiger partial charge in [0.25, 0.3) is 0 Å². The van der Waals surface area contributed by atoms with E-state index in [0.717, 1.165) is 66.7 Å². The van der Waals surface area contributed by atoms with Crippen LogP contribution in [0.2, 0.25) is 0 Å². The molecule has 6 heteroatoms. The highest BCUT2D eigenvalue weighted by atomic mass is 19.1. The SMILES string of the molecule is Cc1cc(N2CCN(C/C=C/c3ccccc3)CC2)n2nc(C)c(-c3ccc(F)cc3)c2n1. The summed E-state index contributed by atoms with van der Waals surface area (Å²) in [7, 11) is 0. The van der Waals surface area contributed by atoms with Crippen LogP contribution in [0.4, 0.5) is 10.2 Å². The minimum Gasteiger partial charge on any atom is -0.354 e. The van der Waals surface area contributed by atoms with E-state index in [4.69, 9.17) is 10.1 Å². The lowest BCUT2D eigenvalue weighted by Gasteiger charge is -2.35. The van der Waals surface area contributed by atoms with Crippen LogP contribution in [0.1, 0.15) is 17.0 Å². The van der Waals surface area contributed by atoms with E-state index in [2.05, 4.69) is 52.3 Å². The molecule has 1 aliphatic heterocycles. The van der Waals surface area contributed by atoms with Gasteiger partial charge in [-0.2, -0.15) is 9.61 Å². The monoisotopic (exact) mass is 441 g/mol. The Morgan fingerprint density at radius 2 is 1.67 bits per heavy atom. The standard InChI is InChI=1S/C27H28FN5/c1-20-19-25(32-17-15-31(16-18-32)14-6-9-22-7-4-3-5-8-22)33-27(29-20)26(21(2)30-33)23-10-12-24(28)13-11-23/h3-13,19H,14-18H2,1-2H3/b9-6+. The molecule has 2 aromatic carbocycles. The summed E-state index contributed by atoms with van der Waals surface area (Å²) in [5.41, 5.74) is 5.80. The fourth-order valence-corrected chi connectivity index (χ4v) is 4.47. The molecule has 5 nitrogen and oxygen atoms in total. The van der Waals surface area contributed by atoms with Gasteiger partial charge in [-0.3, -0.25) is 4.90 Å². The Morgan fingerprint density at radius 3 is 2.39 bits per heavy atom. The molecule has 0 saturated carbocycles. The number of hydrogen-bond donors (Lipinski definition) is 0. The van der Waals surface area contributed by atoms with Gasteiger partial charge in [-0.05, 0) is 37.1 Å². The first-order valence-corrected chi connectivity index (χ1v) is 11.4. The van der Waals surface area contributed by atoms with Crippen molar-refractivity contribution in [3.8, 4) is 11.1 Å². The molecular formula is C27H28FN5. The summed E-state index contributed by atoms with van der Waals surface area (Å²) in [6, 6.07) is 19.1. The highest BCUT2D eigenvalue weighted by Gasteiger charge is 2.22. The molecule has 0 spiro atoms. The number of rotatable bonds is 5. The van der Waals surface area contributed by atoms with Crippen LogP contribution in [-0.4, -0.2) is 52.2 Å². The Balaban J connectivity index is 1.35. The number of nitrogens with zero attached hydrogens (tertiary/aromatic N) is 5. The second-order valence-corrected chi connectivity index (χ2v) is 8.56. The van der Waals surface area contributed by atoms with E-state index in [1.165, 1.54) is 17.7 Å². The maximum atomic E-state index is 13.5. The quantitative estimate of drug-likeness (QED) is 0.437. The van der Waals surface area contributed by atoms with E-state index in [0.29, 0.717) is 0 Å². The number of benzene rings is 2. The van der Waals surface area contributed by atoms with Crippen molar-refractivity contribution < 1.29 is 4.39 Å². The normalized spacial score (nSPS) is 15.1. The van der Waals surface area contributed by atoms with Crippen LogP contribution in [-0.2, 0) is 0 Å². The van der Waals surface area contributed by atoms with Gasteiger partial charge < -0.3 is 4.90 Å². The molecule has 0 radical (unpaired) electrons. The molecule has 33 heavy (non-hydrogen) atoms. The molecule has 0 N–H and O–H groups in total. The van der Waals surface area contributed by atoms with Gasteiger partial charge in [0.1, 0.15) is 11.6 Å². The maximum absolute atomic E-state index is 13.5. The van der Waals surface area contributed by atoms with Gasteiger partial charge in [-0.1, -0.05) is 54.6 Å². The first kappa shape index (κ1) is 21.3. The minimum absolute atomic E-state index is 0.241. The van der Waals surface area contributed by atoms with Crippen LogP contribution in [0.3, 0.4) is 0 Å². The molecule has 168 valence electrons. The van der Waals surface area contributed by atoms with Gasteiger partial charge >= 0.3 is 0 Å². The molecule has 1 fully saturated rings. The third kappa shape index (κ3) is 4.52. The smallest absolute Gasteiger partial charge is 0.165 e. The lowest BCUT2D eigenvalue weighted by atomic mass is 10.1. The zero-order valence-electron chi connectivity index (χ0n) is 19.1. The van der Waals surface area contributed by atoms with Gasteiger partial charge in [-0.15, -0.1) is 0 Å². The Kier molecular flexibility index (Phi) is 5.92. The van der Waals surface area contributed by atoms with Gasteiger partial charge in [0, 0.05) is 50.0 Å². The van der Waals surface area contributed by atoms with Crippen molar-refractivity contribution in [2.75, 3.05) is 37.6 Å².